The summed E-state index contributed by atoms with van der Waals surface area (Å²) in [5.41, 5.74) is 3.72. The Morgan fingerprint density at radius 2 is 1.80 bits per heavy atom. The quantitative estimate of drug-likeness (QED) is 0.631. The van der Waals surface area contributed by atoms with Crippen molar-refractivity contribution in [1.82, 2.24) is 0 Å². The Balaban J connectivity index is 1.91. The molecule has 0 aromatic heterocycles. The van der Waals surface area contributed by atoms with Crippen LogP contribution in [0.15, 0.2) is 54.6 Å². The Hall–Kier alpha value is -2.88. The molecule has 0 fully saturated rings. The molecule has 130 valence electrons. The number of rotatable bonds is 6. The molecule has 0 aliphatic rings. The van der Waals surface area contributed by atoms with E-state index in [0.717, 1.165) is 22.4 Å². The van der Waals surface area contributed by atoms with E-state index in [-0.39, 0.29) is 18.4 Å². The van der Waals surface area contributed by atoms with Crippen molar-refractivity contribution >= 4 is 23.6 Å². The maximum Gasteiger partial charge on any atom is 0.331 e. The second-order valence-electron chi connectivity index (χ2n) is 6.09. The van der Waals surface area contributed by atoms with Crippen LogP contribution >= 0.6 is 0 Å². The first-order valence-corrected chi connectivity index (χ1v) is 8.26. The molecule has 1 amide bonds. The normalized spacial score (nSPS) is 10.9. The molecule has 1 N–H and O–H groups in total. The van der Waals surface area contributed by atoms with Gasteiger partial charge in [0.25, 0.3) is 5.91 Å². The van der Waals surface area contributed by atoms with Crippen LogP contribution in [0.3, 0.4) is 0 Å². The van der Waals surface area contributed by atoms with Gasteiger partial charge in [0.05, 0.1) is 0 Å². The number of esters is 1. The van der Waals surface area contributed by atoms with E-state index in [2.05, 4.69) is 19.2 Å². The average molecular weight is 337 g/mol. The van der Waals surface area contributed by atoms with E-state index in [4.69, 9.17) is 4.74 Å². The summed E-state index contributed by atoms with van der Waals surface area (Å²) >= 11 is 0. The van der Waals surface area contributed by atoms with E-state index in [1.165, 1.54) is 6.08 Å². The first-order valence-electron chi connectivity index (χ1n) is 8.26. The van der Waals surface area contributed by atoms with Crippen LogP contribution in [-0.2, 0) is 14.3 Å². The highest BCUT2D eigenvalue weighted by atomic mass is 16.5. The highest BCUT2D eigenvalue weighted by molar-refractivity contribution is 5.95. The van der Waals surface area contributed by atoms with Gasteiger partial charge in [0.2, 0.25) is 0 Å². The molecule has 2 aromatic carbocycles. The van der Waals surface area contributed by atoms with Crippen LogP contribution in [0.5, 0.6) is 0 Å². The number of anilines is 1. The van der Waals surface area contributed by atoms with Gasteiger partial charge in [0.15, 0.2) is 6.61 Å². The predicted octanol–water partition coefficient (Wildman–Crippen LogP) is 4.31. The van der Waals surface area contributed by atoms with Crippen LogP contribution in [-0.4, -0.2) is 18.5 Å². The smallest absolute Gasteiger partial charge is 0.331 e. The third-order valence-electron chi connectivity index (χ3n) is 3.75. The topological polar surface area (TPSA) is 55.4 Å². The van der Waals surface area contributed by atoms with E-state index >= 15 is 0 Å². The molecule has 0 heterocycles. The Labute approximate surface area is 148 Å². The van der Waals surface area contributed by atoms with Crippen molar-refractivity contribution in [1.29, 1.82) is 0 Å². The molecule has 0 atom stereocenters. The number of aryl methyl sites for hydroxylation is 1. The zero-order chi connectivity index (χ0) is 18.2. The lowest BCUT2D eigenvalue weighted by Gasteiger charge is -2.16. The number of hydrogen-bond donors (Lipinski definition) is 1. The van der Waals surface area contributed by atoms with Crippen molar-refractivity contribution in [2.75, 3.05) is 11.9 Å². The van der Waals surface area contributed by atoms with Crippen molar-refractivity contribution in [3.05, 3.63) is 71.3 Å². The third-order valence-corrected chi connectivity index (χ3v) is 3.75. The fraction of sp³-hybridized carbons (Fsp3) is 0.238. The zero-order valence-electron chi connectivity index (χ0n) is 14.8. The molecule has 25 heavy (non-hydrogen) atoms. The van der Waals surface area contributed by atoms with Crippen LogP contribution in [0.25, 0.3) is 6.08 Å². The summed E-state index contributed by atoms with van der Waals surface area (Å²) in [7, 11) is 0. The monoisotopic (exact) mass is 337 g/mol. The van der Waals surface area contributed by atoms with Crippen molar-refractivity contribution in [3.63, 3.8) is 0 Å². The summed E-state index contributed by atoms with van der Waals surface area (Å²) in [6.45, 7) is 5.76. The van der Waals surface area contributed by atoms with Gasteiger partial charge in [-0.05, 0) is 35.6 Å². The van der Waals surface area contributed by atoms with Crippen LogP contribution in [0, 0.1) is 6.92 Å². The summed E-state index contributed by atoms with van der Waals surface area (Å²) in [6.07, 6.45) is 2.97. The number of benzene rings is 2. The number of nitrogens with one attached hydrogen (secondary N) is 1. The van der Waals surface area contributed by atoms with Crippen LogP contribution < -0.4 is 5.32 Å². The lowest BCUT2D eigenvalue weighted by molar-refractivity contribution is -0.142. The summed E-state index contributed by atoms with van der Waals surface area (Å²) in [5.74, 6) is -0.614. The van der Waals surface area contributed by atoms with Crippen molar-refractivity contribution in [3.8, 4) is 0 Å². The summed E-state index contributed by atoms with van der Waals surface area (Å²) in [6, 6.07) is 15.3. The number of carbonyl (C=O) groups is 2. The van der Waals surface area contributed by atoms with E-state index in [1.807, 2.05) is 55.5 Å². The Morgan fingerprint density at radius 1 is 1.08 bits per heavy atom. The van der Waals surface area contributed by atoms with Gasteiger partial charge in [-0.2, -0.15) is 0 Å². The number of amides is 1. The van der Waals surface area contributed by atoms with Crippen LogP contribution in [0.1, 0.15) is 36.5 Å². The fourth-order valence-electron chi connectivity index (χ4n) is 2.43. The molecule has 0 saturated carbocycles. The second kappa shape index (κ2) is 8.83. The van der Waals surface area contributed by atoms with Gasteiger partial charge in [0.1, 0.15) is 0 Å². The third kappa shape index (κ3) is 5.60. The summed E-state index contributed by atoms with van der Waals surface area (Å²) in [4.78, 5) is 23.8. The Kier molecular flexibility index (Phi) is 6.52. The molecule has 4 nitrogen and oxygen atoms in total. The minimum atomic E-state index is -0.548. The van der Waals surface area contributed by atoms with Gasteiger partial charge >= 0.3 is 5.97 Å². The van der Waals surface area contributed by atoms with Crippen molar-refractivity contribution < 1.29 is 14.3 Å². The first-order chi connectivity index (χ1) is 12.0. The highest BCUT2D eigenvalue weighted by Gasteiger charge is 2.13. The number of ether oxygens (including phenoxy) is 1. The van der Waals surface area contributed by atoms with Crippen LogP contribution in [0.2, 0.25) is 0 Å². The first kappa shape index (κ1) is 18.5. The standard InChI is InChI=1S/C21H23NO3/c1-15(2)18-11-7-8-16(3)21(18)22-19(23)14-25-20(24)13-12-17-9-5-4-6-10-17/h4-13,15H,14H2,1-3H3,(H,22,23)/b13-12+. The molecule has 2 aromatic rings. The van der Waals surface area contributed by atoms with Gasteiger partial charge in [-0.3, -0.25) is 4.79 Å². The molecule has 0 aliphatic heterocycles. The van der Waals surface area contributed by atoms with E-state index in [0.29, 0.717) is 0 Å². The van der Waals surface area contributed by atoms with Crippen molar-refractivity contribution in [2.24, 2.45) is 0 Å². The molecule has 4 heteroatoms. The molecule has 2 rings (SSSR count). The lowest BCUT2D eigenvalue weighted by atomic mass is 9.98. The minimum Gasteiger partial charge on any atom is -0.452 e. The SMILES string of the molecule is Cc1cccc(C(C)C)c1NC(=O)COC(=O)/C=C/c1ccccc1. The molecule has 0 bridgehead atoms. The van der Waals surface area contributed by atoms with Gasteiger partial charge in [-0.1, -0.05) is 62.4 Å². The number of carbonyl (C=O) groups excluding carboxylic acids is 2. The predicted molar refractivity (Wildman–Crippen MR) is 100 cm³/mol. The lowest BCUT2D eigenvalue weighted by Crippen LogP contribution is -2.21. The average Bonchev–Trinajstić information content (AvgIpc) is 2.60. The zero-order valence-corrected chi connectivity index (χ0v) is 14.8. The molecular formula is C21H23NO3. The van der Waals surface area contributed by atoms with Gasteiger partial charge in [-0.15, -0.1) is 0 Å². The van der Waals surface area contributed by atoms with Gasteiger partial charge in [-0.25, -0.2) is 4.79 Å². The van der Waals surface area contributed by atoms with E-state index < -0.39 is 5.97 Å². The van der Waals surface area contributed by atoms with Gasteiger partial charge in [0, 0.05) is 11.8 Å². The summed E-state index contributed by atoms with van der Waals surface area (Å²) in [5, 5.41) is 2.85. The van der Waals surface area contributed by atoms with Crippen molar-refractivity contribution in [2.45, 2.75) is 26.7 Å². The highest BCUT2D eigenvalue weighted by Crippen LogP contribution is 2.27. The molecular weight excluding hydrogens is 314 g/mol. The number of para-hydroxylation sites is 1. The minimum absolute atomic E-state index is 0.284. The van der Waals surface area contributed by atoms with E-state index in [1.54, 1.807) is 6.08 Å². The molecule has 0 saturated heterocycles. The van der Waals surface area contributed by atoms with Crippen LogP contribution in [0.4, 0.5) is 5.69 Å². The maximum absolute atomic E-state index is 12.1. The van der Waals surface area contributed by atoms with E-state index in [9.17, 15) is 9.59 Å². The maximum atomic E-state index is 12.1. The molecule has 0 radical (unpaired) electrons. The fourth-order valence-corrected chi connectivity index (χ4v) is 2.43. The van der Waals surface area contributed by atoms with Gasteiger partial charge < -0.3 is 10.1 Å². The molecule has 0 aliphatic carbocycles. The largest absolute Gasteiger partial charge is 0.452 e. The number of hydrogen-bond acceptors (Lipinski definition) is 3. The molecule has 0 spiro atoms. The Bertz CT molecular complexity index is 764. The Morgan fingerprint density at radius 3 is 2.48 bits per heavy atom. The molecule has 0 unspecified atom stereocenters. The second-order valence-corrected chi connectivity index (χ2v) is 6.09. The summed E-state index contributed by atoms with van der Waals surface area (Å²) < 4.78 is 5.00.